The number of nitrogens with one attached hydrogen (secondary N) is 1. The summed E-state index contributed by atoms with van der Waals surface area (Å²) in [6, 6.07) is 0.350. The van der Waals surface area contributed by atoms with E-state index in [1.165, 1.54) is 0 Å². The van der Waals surface area contributed by atoms with Gasteiger partial charge in [-0.15, -0.1) is 0 Å². The van der Waals surface area contributed by atoms with Gasteiger partial charge in [0, 0.05) is 6.04 Å². The van der Waals surface area contributed by atoms with Crippen LogP contribution in [0.3, 0.4) is 0 Å². The first-order chi connectivity index (χ1) is 5.72. The first-order valence-corrected chi connectivity index (χ1v) is 4.33. The third-order valence-electron chi connectivity index (χ3n) is 2.33. The highest BCUT2D eigenvalue weighted by atomic mass is 19.3. The Bertz CT molecular complexity index is 132. The second-order valence-electron chi connectivity index (χ2n) is 3.17. The van der Waals surface area contributed by atoms with Crippen molar-refractivity contribution < 1.29 is 13.5 Å². The zero-order valence-corrected chi connectivity index (χ0v) is 7.22. The van der Waals surface area contributed by atoms with Gasteiger partial charge in [-0.05, 0) is 32.7 Å². The van der Waals surface area contributed by atoms with Crippen LogP contribution < -0.4 is 5.32 Å². The molecule has 0 radical (unpaired) electrons. The molecule has 0 aliphatic heterocycles. The summed E-state index contributed by atoms with van der Waals surface area (Å²) in [4.78, 5) is 0. The number of halogens is 2. The van der Waals surface area contributed by atoms with E-state index >= 15 is 0 Å². The van der Waals surface area contributed by atoms with Gasteiger partial charge in [-0.25, -0.2) is 0 Å². The molecule has 12 heavy (non-hydrogen) atoms. The van der Waals surface area contributed by atoms with E-state index in [9.17, 15) is 8.78 Å². The maximum Gasteiger partial charge on any atom is 0.345 e. The van der Waals surface area contributed by atoms with Crippen LogP contribution in [-0.2, 0) is 4.74 Å². The molecule has 1 aliphatic carbocycles. The molecule has 0 bridgehead atoms. The summed E-state index contributed by atoms with van der Waals surface area (Å²) in [6.07, 6.45) is 3.27. The molecule has 1 saturated carbocycles. The Labute approximate surface area is 71.3 Å². The molecule has 1 N–H and O–H groups in total. The van der Waals surface area contributed by atoms with Crippen molar-refractivity contribution in [3.8, 4) is 0 Å². The van der Waals surface area contributed by atoms with Gasteiger partial charge in [0.25, 0.3) is 0 Å². The topological polar surface area (TPSA) is 21.3 Å². The van der Waals surface area contributed by atoms with Crippen LogP contribution in [0.5, 0.6) is 0 Å². The van der Waals surface area contributed by atoms with Crippen molar-refractivity contribution in [2.45, 2.75) is 44.4 Å². The van der Waals surface area contributed by atoms with Crippen LogP contribution in [0.25, 0.3) is 0 Å². The summed E-state index contributed by atoms with van der Waals surface area (Å²) in [5.74, 6) is 0. The number of rotatable bonds is 3. The molecule has 1 fully saturated rings. The lowest BCUT2D eigenvalue weighted by Gasteiger charge is -2.28. The molecule has 0 aromatic carbocycles. The average molecular weight is 179 g/mol. The number of ether oxygens (including phenoxy) is 1. The molecule has 1 aliphatic rings. The molecular formula is C8H15F2NO. The summed E-state index contributed by atoms with van der Waals surface area (Å²) in [5.41, 5.74) is 0. The SMILES string of the molecule is CNC1CCCC(OC(F)F)C1. The zero-order valence-electron chi connectivity index (χ0n) is 7.22. The van der Waals surface area contributed by atoms with Crippen LogP contribution in [-0.4, -0.2) is 25.8 Å². The lowest BCUT2D eigenvalue weighted by Crippen LogP contribution is -2.35. The van der Waals surface area contributed by atoms with E-state index in [1.807, 2.05) is 7.05 Å². The minimum atomic E-state index is -2.62. The van der Waals surface area contributed by atoms with Crippen molar-refractivity contribution >= 4 is 0 Å². The fourth-order valence-corrected chi connectivity index (χ4v) is 1.68. The van der Waals surface area contributed by atoms with Gasteiger partial charge < -0.3 is 10.1 Å². The Kier molecular flexibility index (Phi) is 3.88. The summed E-state index contributed by atoms with van der Waals surface area (Å²) < 4.78 is 28.1. The Morgan fingerprint density at radius 1 is 1.42 bits per heavy atom. The number of alkyl halides is 2. The maximum absolute atomic E-state index is 11.8. The van der Waals surface area contributed by atoms with Crippen molar-refractivity contribution in [1.29, 1.82) is 0 Å². The summed E-state index contributed by atoms with van der Waals surface area (Å²) >= 11 is 0. The third-order valence-corrected chi connectivity index (χ3v) is 2.33. The lowest BCUT2D eigenvalue weighted by molar-refractivity contribution is -0.171. The molecule has 2 atom stereocenters. The molecule has 0 aromatic rings. The van der Waals surface area contributed by atoms with Crippen LogP contribution in [0.1, 0.15) is 25.7 Å². The Balaban J connectivity index is 2.25. The van der Waals surface area contributed by atoms with Crippen molar-refractivity contribution in [2.24, 2.45) is 0 Å². The van der Waals surface area contributed by atoms with E-state index in [0.29, 0.717) is 12.5 Å². The minimum Gasteiger partial charge on any atom is -0.320 e. The minimum absolute atomic E-state index is 0.254. The first kappa shape index (κ1) is 9.86. The van der Waals surface area contributed by atoms with E-state index in [0.717, 1.165) is 19.3 Å². The fourth-order valence-electron chi connectivity index (χ4n) is 1.68. The zero-order chi connectivity index (χ0) is 8.97. The predicted octanol–water partition coefficient (Wildman–Crippen LogP) is 1.76. The van der Waals surface area contributed by atoms with Gasteiger partial charge in [-0.2, -0.15) is 8.78 Å². The third kappa shape index (κ3) is 3.03. The van der Waals surface area contributed by atoms with E-state index in [2.05, 4.69) is 10.1 Å². The van der Waals surface area contributed by atoms with Gasteiger partial charge in [-0.3, -0.25) is 0 Å². The van der Waals surface area contributed by atoms with Crippen molar-refractivity contribution in [3.05, 3.63) is 0 Å². The summed E-state index contributed by atoms with van der Waals surface area (Å²) in [5, 5.41) is 3.08. The molecular weight excluding hydrogens is 164 g/mol. The van der Waals surface area contributed by atoms with Gasteiger partial charge >= 0.3 is 6.61 Å². The summed E-state index contributed by atoms with van der Waals surface area (Å²) in [6.45, 7) is -2.62. The smallest absolute Gasteiger partial charge is 0.320 e. The van der Waals surface area contributed by atoms with Crippen LogP contribution in [0.4, 0.5) is 8.78 Å². The largest absolute Gasteiger partial charge is 0.345 e. The Morgan fingerprint density at radius 3 is 2.75 bits per heavy atom. The monoisotopic (exact) mass is 179 g/mol. The fraction of sp³-hybridized carbons (Fsp3) is 1.00. The van der Waals surface area contributed by atoms with Crippen molar-refractivity contribution in [1.82, 2.24) is 5.32 Å². The van der Waals surface area contributed by atoms with Crippen LogP contribution in [0.2, 0.25) is 0 Å². The maximum atomic E-state index is 11.8. The second kappa shape index (κ2) is 4.72. The number of hydrogen-bond acceptors (Lipinski definition) is 2. The van der Waals surface area contributed by atoms with Crippen LogP contribution in [0.15, 0.2) is 0 Å². The second-order valence-corrected chi connectivity index (χ2v) is 3.17. The van der Waals surface area contributed by atoms with Gasteiger partial charge in [-0.1, -0.05) is 0 Å². The van der Waals surface area contributed by atoms with E-state index < -0.39 is 6.61 Å². The predicted molar refractivity (Wildman–Crippen MR) is 42.2 cm³/mol. The molecule has 0 heterocycles. The van der Waals surface area contributed by atoms with Crippen molar-refractivity contribution in [2.75, 3.05) is 7.05 Å². The first-order valence-electron chi connectivity index (χ1n) is 4.33. The van der Waals surface area contributed by atoms with E-state index in [4.69, 9.17) is 0 Å². The van der Waals surface area contributed by atoms with E-state index in [1.54, 1.807) is 0 Å². The Morgan fingerprint density at radius 2 is 2.17 bits per heavy atom. The average Bonchev–Trinajstić information content (AvgIpc) is 2.03. The standard InChI is InChI=1S/C8H15F2NO/c1-11-6-3-2-4-7(5-6)12-8(9)10/h6-8,11H,2-5H2,1H3. The van der Waals surface area contributed by atoms with E-state index in [-0.39, 0.29) is 6.10 Å². The number of hydrogen-bond donors (Lipinski definition) is 1. The lowest BCUT2D eigenvalue weighted by atomic mass is 9.93. The molecule has 0 spiro atoms. The van der Waals surface area contributed by atoms with Gasteiger partial charge in [0.05, 0.1) is 6.10 Å². The van der Waals surface area contributed by atoms with Gasteiger partial charge in [0.1, 0.15) is 0 Å². The molecule has 0 aromatic heterocycles. The van der Waals surface area contributed by atoms with Gasteiger partial charge in [0.2, 0.25) is 0 Å². The molecule has 0 saturated heterocycles. The Hall–Kier alpha value is -0.220. The molecule has 2 unspecified atom stereocenters. The van der Waals surface area contributed by atoms with Crippen LogP contribution in [0, 0.1) is 0 Å². The molecule has 72 valence electrons. The van der Waals surface area contributed by atoms with Crippen molar-refractivity contribution in [3.63, 3.8) is 0 Å². The highest BCUT2D eigenvalue weighted by molar-refractivity contribution is 4.76. The molecule has 0 amide bonds. The molecule has 2 nitrogen and oxygen atoms in total. The molecule has 1 rings (SSSR count). The highest BCUT2D eigenvalue weighted by Gasteiger charge is 2.23. The quantitative estimate of drug-likeness (QED) is 0.712. The summed E-state index contributed by atoms with van der Waals surface area (Å²) in [7, 11) is 1.86. The molecule has 4 heteroatoms. The van der Waals surface area contributed by atoms with Crippen LogP contribution >= 0.6 is 0 Å². The highest BCUT2D eigenvalue weighted by Crippen LogP contribution is 2.22. The normalized spacial score (nSPS) is 31.0. The van der Waals surface area contributed by atoms with Gasteiger partial charge in [0.15, 0.2) is 0 Å².